The molecule has 0 fully saturated rings. The molecule has 16 heavy (non-hydrogen) atoms. The van der Waals surface area contributed by atoms with Gasteiger partial charge in [-0.1, -0.05) is 12.1 Å². The van der Waals surface area contributed by atoms with Crippen LogP contribution in [0.25, 0.3) is 0 Å². The molecule has 0 unspecified atom stereocenters. The molecule has 2 rings (SSSR count). The summed E-state index contributed by atoms with van der Waals surface area (Å²) in [6.45, 7) is 6.18. The summed E-state index contributed by atoms with van der Waals surface area (Å²) in [5.74, 6) is 0. The van der Waals surface area contributed by atoms with Gasteiger partial charge in [-0.15, -0.1) is 0 Å². The topological polar surface area (TPSA) is 17.0 Å². The number of hydrogen-bond acceptors (Lipinski definition) is 1. The second kappa shape index (κ2) is 4.88. The van der Waals surface area contributed by atoms with Gasteiger partial charge in [0.25, 0.3) is 0 Å². The molecule has 0 aliphatic carbocycles. The van der Waals surface area contributed by atoms with E-state index < -0.39 is 0 Å². The molecule has 0 atom stereocenters. The highest BCUT2D eigenvalue weighted by molar-refractivity contribution is 5.45. The Labute approximate surface area is 96.9 Å². The summed E-state index contributed by atoms with van der Waals surface area (Å²) in [6.07, 6.45) is 2.12. The molecule has 2 nitrogen and oxygen atoms in total. The summed E-state index contributed by atoms with van der Waals surface area (Å²) in [4.78, 5) is 0. The van der Waals surface area contributed by atoms with Crippen LogP contribution >= 0.6 is 0 Å². The van der Waals surface area contributed by atoms with Crippen molar-refractivity contribution in [2.45, 2.75) is 26.9 Å². The third-order valence-corrected chi connectivity index (χ3v) is 2.76. The number of nitrogens with zero attached hydrogens (tertiary/aromatic N) is 1. The SMILES string of the molecule is CCn1cccc1CNc1cccc(C)c1. The van der Waals surface area contributed by atoms with Crippen LogP contribution in [0.5, 0.6) is 0 Å². The van der Waals surface area contributed by atoms with Crippen molar-refractivity contribution in [2.24, 2.45) is 0 Å². The third-order valence-electron chi connectivity index (χ3n) is 2.76. The molecule has 1 aromatic heterocycles. The molecule has 0 saturated carbocycles. The van der Waals surface area contributed by atoms with Crippen molar-refractivity contribution in [1.82, 2.24) is 4.57 Å². The minimum atomic E-state index is 0.879. The van der Waals surface area contributed by atoms with E-state index in [-0.39, 0.29) is 0 Å². The minimum absolute atomic E-state index is 0.879. The fourth-order valence-electron chi connectivity index (χ4n) is 1.87. The Morgan fingerprint density at radius 3 is 2.81 bits per heavy atom. The van der Waals surface area contributed by atoms with Crippen molar-refractivity contribution in [2.75, 3.05) is 5.32 Å². The van der Waals surface area contributed by atoms with Gasteiger partial charge in [0.2, 0.25) is 0 Å². The molecule has 2 aromatic rings. The van der Waals surface area contributed by atoms with Gasteiger partial charge in [-0.25, -0.2) is 0 Å². The zero-order chi connectivity index (χ0) is 11.4. The van der Waals surface area contributed by atoms with E-state index in [1.54, 1.807) is 0 Å². The highest BCUT2D eigenvalue weighted by Crippen LogP contribution is 2.11. The third kappa shape index (κ3) is 2.45. The Hall–Kier alpha value is -1.70. The van der Waals surface area contributed by atoms with Gasteiger partial charge >= 0.3 is 0 Å². The lowest BCUT2D eigenvalue weighted by molar-refractivity contribution is 0.724. The highest BCUT2D eigenvalue weighted by atomic mass is 15.0. The predicted molar refractivity (Wildman–Crippen MR) is 68.6 cm³/mol. The fourth-order valence-corrected chi connectivity index (χ4v) is 1.87. The quantitative estimate of drug-likeness (QED) is 0.825. The molecule has 1 N–H and O–H groups in total. The molecular weight excluding hydrogens is 196 g/mol. The summed E-state index contributed by atoms with van der Waals surface area (Å²) in [6, 6.07) is 12.7. The van der Waals surface area contributed by atoms with Gasteiger partial charge in [0.15, 0.2) is 0 Å². The van der Waals surface area contributed by atoms with E-state index in [4.69, 9.17) is 0 Å². The van der Waals surface area contributed by atoms with Crippen LogP contribution in [0.4, 0.5) is 5.69 Å². The van der Waals surface area contributed by atoms with Crippen LogP contribution in [0, 0.1) is 6.92 Å². The van der Waals surface area contributed by atoms with Gasteiger partial charge < -0.3 is 9.88 Å². The van der Waals surface area contributed by atoms with Crippen molar-refractivity contribution >= 4 is 5.69 Å². The summed E-state index contributed by atoms with van der Waals surface area (Å²) < 4.78 is 2.25. The monoisotopic (exact) mass is 214 g/mol. The molecule has 0 aliphatic rings. The molecule has 0 radical (unpaired) electrons. The van der Waals surface area contributed by atoms with E-state index in [1.165, 1.54) is 16.9 Å². The number of aryl methyl sites for hydroxylation is 2. The van der Waals surface area contributed by atoms with Gasteiger partial charge in [-0.3, -0.25) is 0 Å². The Morgan fingerprint density at radius 2 is 2.06 bits per heavy atom. The van der Waals surface area contributed by atoms with Gasteiger partial charge in [-0.2, -0.15) is 0 Å². The summed E-state index contributed by atoms with van der Waals surface area (Å²) in [5, 5.41) is 3.44. The molecule has 0 saturated heterocycles. The van der Waals surface area contributed by atoms with E-state index in [2.05, 4.69) is 66.3 Å². The lowest BCUT2D eigenvalue weighted by atomic mass is 10.2. The Balaban J connectivity index is 2.02. The van der Waals surface area contributed by atoms with Crippen LogP contribution in [0.15, 0.2) is 42.6 Å². The molecule has 2 heteroatoms. The number of aromatic nitrogens is 1. The normalized spacial score (nSPS) is 10.4. The van der Waals surface area contributed by atoms with E-state index in [0.717, 1.165) is 13.1 Å². The van der Waals surface area contributed by atoms with Crippen LogP contribution in [-0.4, -0.2) is 4.57 Å². The molecule has 1 heterocycles. The maximum absolute atomic E-state index is 3.44. The summed E-state index contributed by atoms with van der Waals surface area (Å²) >= 11 is 0. The first-order chi connectivity index (χ1) is 7.79. The number of nitrogens with one attached hydrogen (secondary N) is 1. The number of hydrogen-bond donors (Lipinski definition) is 1. The van der Waals surface area contributed by atoms with Crippen LogP contribution in [0.1, 0.15) is 18.2 Å². The molecule has 1 aromatic carbocycles. The maximum Gasteiger partial charge on any atom is 0.0553 e. The second-order valence-electron chi connectivity index (χ2n) is 4.01. The van der Waals surface area contributed by atoms with Crippen LogP contribution < -0.4 is 5.32 Å². The Bertz CT molecular complexity index is 457. The predicted octanol–water partition coefficient (Wildman–Crippen LogP) is 3.43. The number of anilines is 1. The maximum atomic E-state index is 3.44. The van der Waals surface area contributed by atoms with E-state index in [9.17, 15) is 0 Å². The first-order valence-electron chi connectivity index (χ1n) is 5.74. The average Bonchev–Trinajstić information content (AvgIpc) is 2.74. The van der Waals surface area contributed by atoms with E-state index in [0.29, 0.717) is 0 Å². The van der Waals surface area contributed by atoms with Gasteiger partial charge in [0.05, 0.1) is 6.54 Å². The second-order valence-corrected chi connectivity index (χ2v) is 4.01. The first-order valence-corrected chi connectivity index (χ1v) is 5.74. The first kappa shape index (κ1) is 10.8. The Morgan fingerprint density at radius 1 is 1.19 bits per heavy atom. The number of benzene rings is 1. The van der Waals surface area contributed by atoms with Crippen molar-refractivity contribution in [1.29, 1.82) is 0 Å². The molecular formula is C14H18N2. The van der Waals surface area contributed by atoms with Crippen LogP contribution in [0.2, 0.25) is 0 Å². The Kier molecular flexibility index (Phi) is 3.30. The van der Waals surface area contributed by atoms with Gasteiger partial charge in [0, 0.05) is 24.1 Å². The largest absolute Gasteiger partial charge is 0.379 e. The highest BCUT2D eigenvalue weighted by Gasteiger charge is 1.98. The molecule has 84 valence electrons. The minimum Gasteiger partial charge on any atom is -0.379 e. The fraction of sp³-hybridized carbons (Fsp3) is 0.286. The zero-order valence-electron chi connectivity index (χ0n) is 9.90. The van der Waals surface area contributed by atoms with E-state index >= 15 is 0 Å². The van der Waals surface area contributed by atoms with Crippen molar-refractivity contribution in [3.05, 3.63) is 53.9 Å². The van der Waals surface area contributed by atoms with Crippen molar-refractivity contribution < 1.29 is 0 Å². The lowest BCUT2D eigenvalue weighted by Crippen LogP contribution is -2.05. The van der Waals surface area contributed by atoms with E-state index in [1.807, 2.05) is 0 Å². The number of rotatable bonds is 4. The van der Waals surface area contributed by atoms with Crippen LogP contribution in [-0.2, 0) is 13.1 Å². The van der Waals surface area contributed by atoms with Crippen LogP contribution in [0.3, 0.4) is 0 Å². The van der Waals surface area contributed by atoms with Gasteiger partial charge in [-0.05, 0) is 43.7 Å². The molecule has 0 bridgehead atoms. The molecule has 0 amide bonds. The molecule has 0 aliphatic heterocycles. The summed E-state index contributed by atoms with van der Waals surface area (Å²) in [7, 11) is 0. The zero-order valence-corrected chi connectivity index (χ0v) is 9.90. The average molecular weight is 214 g/mol. The van der Waals surface area contributed by atoms with Crippen molar-refractivity contribution in [3.63, 3.8) is 0 Å². The standard InChI is InChI=1S/C14H18N2/c1-3-16-9-5-8-14(16)11-15-13-7-4-6-12(2)10-13/h4-10,15H,3,11H2,1-2H3. The smallest absolute Gasteiger partial charge is 0.0553 e. The lowest BCUT2D eigenvalue weighted by Gasteiger charge is -2.09. The van der Waals surface area contributed by atoms with Gasteiger partial charge in [0.1, 0.15) is 0 Å². The molecule has 0 spiro atoms. The van der Waals surface area contributed by atoms with Crippen molar-refractivity contribution in [3.8, 4) is 0 Å². The summed E-state index contributed by atoms with van der Waals surface area (Å²) in [5.41, 5.74) is 3.80.